The van der Waals surface area contributed by atoms with E-state index in [0.717, 1.165) is 0 Å². The zero-order valence-electron chi connectivity index (χ0n) is 9.45. The Kier molecular flexibility index (Phi) is 7.34. The van der Waals surface area contributed by atoms with Gasteiger partial charge in [-0.25, -0.2) is 0 Å². The lowest BCUT2D eigenvalue weighted by molar-refractivity contribution is 0.109. The smallest absolute Gasteiger partial charge is 0.430 e. The third-order valence-corrected chi connectivity index (χ3v) is 2.79. The number of ether oxygens (including phenoxy) is 1. The SMILES string of the molecule is OBO.c1ccc(COCc2cccs2)cc1. The Labute approximate surface area is 106 Å². The molecule has 2 N–H and O–H groups in total. The van der Waals surface area contributed by atoms with Crippen molar-refractivity contribution in [2.45, 2.75) is 13.2 Å². The van der Waals surface area contributed by atoms with Gasteiger partial charge in [0.2, 0.25) is 0 Å². The minimum Gasteiger partial charge on any atom is -0.430 e. The highest BCUT2D eigenvalue weighted by atomic mass is 32.1. The summed E-state index contributed by atoms with van der Waals surface area (Å²) in [6.45, 7) is 1.41. The lowest BCUT2D eigenvalue weighted by Crippen LogP contribution is -1.91. The van der Waals surface area contributed by atoms with E-state index < -0.39 is 7.69 Å². The number of hydrogen-bond acceptors (Lipinski definition) is 4. The van der Waals surface area contributed by atoms with Crippen molar-refractivity contribution >= 4 is 19.0 Å². The summed E-state index contributed by atoms with van der Waals surface area (Å²) in [4.78, 5) is 1.28. The maximum Gasteiger partial charge on any atom is 0.432 e. The van der Waals surface area contributed by atoms with Gasteiger partial charge in [0.05, 0.1) is 13.2 Å². The van der Waals surface area contributed by atoms with Crippen molar-refractivity contribution in [3.63, 3.8) is 0 Å². The summed E-state index contributed by atoms with van der Waals surface area (Å²) in [6.07, 6.45) is 0. The molecule has 90 valence electrons. The fourth-order valence-corrected chi connectivity index (χ4v) is 1.88. The van der Waals surface area contributed by atoms with Crippen LogP contribution in [0.3, 0.4) is 0 Å². The quantitative estimate of drug-likeness (QED) is 0.812. The van der Waals surface area contributed by atoms with Crippen LogP contribution in [0.2, 0.25) is 0 Å². The molecule has 0 fully saturated rings. The Balaban J connectivity index is 0.000000437. The van der Waals surface area contributed by atoms with Crippen LogP contribution < -0.4 is 0 Å². The molecule has 1 heterocycles. The van der Waals surface area contributed by atoms with Crippen molar-refractivity contribution in [3.05, 3.63) is 58.3 Å². The molecule has 1 aromatic heterocycles. The standard InChI is InChI=1S/C12H12OS.BH3O2/c1-2-5-11(6-3-1)9-13-10-12-7-4-8-14-12;2-1-3/h1-8H,9-10H2;1-3H. The Morgan fingerprint density at radius 1 is 1.00 bits per heavy atom. The van der Waals surface area contributed by atoms with Crippen LogP contribution >= 0.6 is 11.3 Å². The Bertz CT molecular complexity index is 378. The van der Waals surface area contributed by atoms with E-state index in [1.54, 1.807) is 11.3 Å². The van der Waals surface area contributed by atoms with Crippen LogP contribution in [0.1, 0.15) is 10.4 Å². The first-order valence-electron chi connectivity index (χ1n) is 5.22. The zero-order chi connectivity index (χ0) is 12.3. The van der Waals surface area contributed by atoms with E-state index in [4.69, 9.17) is 14.8 Å². The Hall–Kier alpha value is -1.14. The van der Waals surface area contributed by atoms with Crippen LogP contribution in [0.5, 0.6) is 0 Å². The van der Waals surface area contributed by atoms with Crippen molar-refractivity contribution in [2.24, 2.45) is 0 Å². The maximum atomic E-state index is 7.12. The normalized spacial score (nSPS) is 9.29. The second-order valence-electron chi connectivity index (χ2n) is 3.20. The number of thiophene rings is 1. The highest BCUT2D eigenvalue weighted by molar-refractivity contribution is 7.09. The molecule has 3 nitrogen and oxygen atoms in total. The summed E-state index contributed by atoms with van der Waals surface area (Å²) in [5, 5.41) is 16.3. The molecule has 0 atom stereocenters. The van der Waals surface area contributed by atoms with Gasteiger partial charge in [0.25, 0.3) is 0 Å². The van der Waals surface area contributed by atoms with Crippen LogP contribution in [0.15, 0.2) is 47.8 Å². The van der Waals surface area contributed by atoms with Crippen LogP contribution in [0.25, 0.3) is 0 Å². The molecule has 2 aromatic rings. The number of benzene rings is 1. The second-order valence-corrected chi connectivity index (χ2v) is 4.23. The van der Waals surface area contributed by atoms with Gasteiger partial charge in [0.15, 0.2) is 0 Å². The van der Waals surface area contributed by atoms with E-state index in [-0.39, 0.29) is 0 Å². The fourth-order valence-electron chi connectivity index (χ4n) is 1.24. The van der Waals surface area contributed by atoms with Gasteiger partial charge in [-0.2, -0.15) is 0 Å². The third kappa shape index (κ3) is 6.23. The molecule has 5 heteroatoms. The summed E-state index contributed by atoms with van der Waals surface area (Å²) < 4.78 is 5.57. The van der Waals surface area contributed by atoms with E-state index in [2.05, 4.69) is 23.6 Å². The second kappa shape index (κ2) is 8.95. The molecule has 0 aliphatic rings. The molecular weight excluding hydrogens is 235 g/mol. The highest BCUT2D eigenvalue weighted by Crippen LogP contribution is 2.11. The van der Waals surface area contributed by atoms with Crippen LogP contribution in [-0.2, 0) is 18.0 Å². The molecule has 0 radical (unpaired) electrons. The van der Waals surface area contributed by atoms with Crippen LogP contribution in [-0.4, -0.2) is 17.7 Å². The van der Waals surface area contributed by atoms with Gasteiger partial charge in [-0.3, -0.25) is 0 Å². The van der Waals surface area contributed by atoms with E-state index in [1.165, 1.54) is 10.4 Å². The molecule has 2 rings (SSSR count). The maximum absolute atomic E-state index is 7.12. The molecule has 0 aliphatic carbocycles. The van der Waals surface area contributed by atoms with Gasteiger partial charge < -0.3 is 14.8 Å². The van der Waals surface area contributed by atoms with Crippen molar-refractivity contribution < 1.29 is 14.8 Å². The molecule has 17 heavy (non-hydrogen) atoms. The lowest BCUT2D eigenvalue weighted by atomic mass is 10.2. The predicted molar refractivity (Wildman–Crippen MR) is 70.8 cm³/mol. The largest absolute Gasteiger partial charge is 0.432 e. The van der Waals surface area contributed by atoms with E-state index in [9.17, 15) is 0 Å². The van der Waals surface area contributed by atoms with Crippen molar-refractivity contribution in [1.29, 1.82) is 0 Å². The van der Waals surface area contributed by atoms with Crippen LogP contribution in [0, 0.1) is 0 Å². The van der Waals surface area contributed by atoms with Gasteiger partial charge in [0, 0.05) is 4.88 Å². The molecule has 0 bridgehead atoms. The minimum atomic E-state index is -0.750. The molecule has 1 aromatic carbocycles. The zero-order valence-corrected chi connectivity index (χ0v) is 10.3. The molecule has 0 saturated carbocycles. The average Bonchev–Trinajstić information content (AvgIpc) is 2.85. The molecular formula is C12H15BO3S. The van der Waals surface area contributed by atoms with Gasteiger partial charge >= 0.3 is 7.69 Å². The van der Waals surface area contributed by atoms with Gasteiger partial charge in [-0.1, -0.05) is 36.4 Å². The fraction of sp³-hybridized carbons (Fsp3) is 0.167. The summed E-state index contributed by atoms with van der Waals surface area (Å²) in [6, 6.07) is 14.4. The molecule has 0 saturated heterocycles. The lowest BCUT2D eigenvalue weighted by Gasteiger charge is -2.01. The first-order chi connectivity index (χ1) is 8.36. The number of hydrogen-bond donors (Lipinski definition) is 2. The molecule has 0 unspecified atom stereocenters. The summed E-state index contributed by atoms with van der Waals surface area (Å²) in [5.74, 6) is 0. The first kappa shape index (κ1) is 13.9. The van der Waals surface area contributed by atoms with Crippen molar-refractivity contribution in [2.75, 3.05) is 0 Å². The Morgan fingerprint density at radius 3 is 2.29 bits per heavy atom. The topological polar surface area (TPSA) is 49.7 Å². The van der Waals surface area contributed by atoms with E-state index >= 15 is 0 Å². The summed E-state index contributed by atoms with van der Waals surface area (Å²) >= 11 is 1.73. The first-order valence-corrected chi connectivity index (χ1v) is 6.10. The summed E-state index contributed by atoms with van der Waals surface area (Å²) in [5.41, 5.74) is 1.23. The van der Waals surface area contributed by atoms with Crippen molar-refractivity contribution in [3.8, 4) is 0 Å². The molecule has 0 spiro atoms. The van der Waals surface area contributed by atoms with Gasteiger partial charge in [0.1, 0.15) is 0 Å². The van der Waals surface area contributed by atoms with Gasteiger partial charge in [-0.15, -0.1) is 11.3 Å². The Morgan fingerprint density at radius 2 is 1.71 bits per heavy atom. The highest BCUT2D eigenvalue weighted by Gasteiger charge is 1.94. The van der Waals surface area contributed by atoms with Crippen molar-refractivity contribution in [1.82, 2.24) is 0 Å². The predicted octanol–water partition coefficient (Wildman–Crippen LogP) is 1.70. The minimum absolute atomic E-state index is 0.693. The number of rotatable bonds is 4. The average molecular weight is 250 g/mol. The van der Waals surface area contributed by atoms with E-state index in [1.807, 2.05) is 24.3 Å². The third-order valence-electron chi connectivity index (χ3n) is 1.94. The van der Waals surface area contributed by atoms with Crippen LogP contribution in [0.4, 0.5) is 0 Å². The monoisotopic (exact) mass is 250 g/mol. The van der Waals surface area contributed by atoms with E-state index in [0.29, 0.717) is 13.2 Å². The van der Waals surface area contributed by atoms with Gasteiger partial charge in [-0.05, 0) is 17.0 Å². The molecule has 0 aliphatic heterocycles. The summed E-state index contributed by atoms with van der Waals surface area (Å²) in [7, 11) is -0.750. The molecule has 0 amide bonds.